The third-order valence-electron chi connectivity index (χ3n) is 6.78. The van der Waals surface area contributed by atoms with Crippen LogP contribution in [0.25, 0.3) is 0 Å². The first-order valence-electron chi connectivity index (χ1n) is 13.4. The maximum absolute atomic E-state index is 13.5. The van der Waals surface area contributed by atoms with Crippen molar-refractivity contribution in [3.63, 3.8) is 0 Å². The van der Waals surface area contributed by atoms with Crippen LogP contribution in [0.15, 0.2) is 83.8 Å². The minimum atomic E-state index is -3.66. The van der Waals surface area contributed by atoms with E-state index in [2.05, 4.69) is 5.32 Å². The maximum Gasteiger partial charge on any atom is 0.261 e. The van der Waals surface area contributed by atoms with Gasteiger partial charge in [0, 0.05) is 26.2 Å². The average molecular weight is 584 g/mol. The van der Waals surface area contributed by atoms with Gasteiger partial charge in [-0.1, -0.05) is 42.5 Å². The van der Waals surface area contributed by atoms with E-state index in [4.69, 9.17) is 9.47 Å². The van der Waals surface area contributed by atoms with E-state index < -0.39 is 27.8 Å². The number of hydrogen-bond donors (Lipinski definition) is 1. The Morgan fingerprint density at radius 3 is 2.29 bits per heavy atom. The summed E-state index contributed by atoms with van der Waals surface area (Å²) in [5.74, 6) is -0.874. The van der Waals surface area contributed by atoms with Crippen LogP contribution in [0.5, 0.6) is 5.75 Å². The van der Waals surface area contributed by atoms with Crippen LogP contribution in [0.3, 0.4) is 0 Å². The second-order valence-electron chi connectivity index (χ2n) is 9.63. The number of amides is 2. The molecule has 11 heteroatoms. The van der Waals surface area contributed by atoms with E-state index in [9.17, 15) is 22.4 Å². The molecule has 1 aliphatic heterocycles. The number of hydrogen-bond acceptors (Lipinski definition) is 6. The Morgan fingerprint density at radius 1 is 0.976 bits per heavy atom. The molecule has 4 rings (SSSR count). The number of rotatable bonds is 12. The van der Waals surface area contributed by atoms with E-state index >= 15 is 0 Å². The van der Waals surface area contributed by atoms with Gasteiger partial charge in [0.25, 0.3) is 5.91 Å². The number of nitrogens with one attached hydrogen (secondary N) is 1. The summed E-state index contributed by atoms with van der Waals surface area (Å²) in [7, 11) is -3.66. The third-order valence-corrected chi connectivity index (χ3v) is 8.70. The Morgan fingerprint density at radius 2 is 1.63 bits per heavy atom. The smallest absolute Gasteiger partial charge is 0.261 e. The molecule has 0 unspecified atom stereocenters. The highest BCUT2D eigenvalue weighted by atomic mass is 32.2. The fourth-order valence-electron chi connectivity index (χ4n) is 4.36. The molecule has 1 saturated heterocycles. The predicted octanol–water partition coefficient (Wildman–Crippen LogP) is 3.00. The molecule has 218 valence electrons. The fourth-order valence-corrected chi connectivity index (χ4v) is 5.77. The molecule has 1 N–H and O–H groups in total. The minimum Gasteiger partial charge on any atom is -0.484 e. The number of carbonyl (C=O) groups excluding carboxylic acids is 2. The quantitative estimate of drug-likeness (QED) is 0.352. The molecular formula is C30H34FN3O6S. The lowest BCUT2D eigenvalue weighted by molar-refractivity contribution is -0.142. The van der Waals surface area contributed by atoms with Gasteiger partial charge in [0.15, 0.2) is 6.61 Å². The number of nitrogens with zero attached hydrogens (tertiary/aromatic N) is 2. The van der Waals surface area contributed by atoms with Crippen molar-refractivity contribution in [3.05, 3.63) is 95.8 Å². The van der Waals surface area contributed by atoms with Gasteiger partial charge in [0.05, 0.1) is 18.1 Å². The molecule has 9 nitrogen and oxygen atoms in total. The molecule has 0 aliphatic carbocycles. The van der Waals surface area contributed by atoms with Crippen molar-refractivity contribution in [3.8, 4) is 5.75 Å². The van der Waals surface area contributed by atoms with Crippen LogP contribution in [-0.2, 0) is 37.3 Å². The highest BCUT2D eigenvalue weighted by Gasteiger charge is 2.28. The van der Waals surface area contributed by atoms with Crippen LogP contribution >= 0.6 is 0 Å². The Balaban J connectivity index is 1.39. The molecule has 41 heavy (non-hydrogen) atoms. The molecule has 2 amide bonds. The van der Waals surface area contributed by atoms with Crippen LogP contribution in [0.1, 0.15) is 18.1 Å². The Kier molecular flexibility index (Phi) is 10.4. The normalized spacial score (nSPS) is 14.7. The first kappa shape index (κ1) is 30.2. The number of morpholine rings is 1. The lowest BCUT2D eigenvalue weighted by Gasteiger charge is -2.29. The van der Waals surface area contributed by atoms with Crippen molar-refractivity contribution < 1.29 is 31.9 Å². The summed E-state index contributed by atoms with van der Waals surface area (Å²) in [6, 6.07) is 20.5. The van der Waals surface area contributed by atoms with Crippen LogP contribution in [-0.4, -0.2) is 74.9 Å². The van der Waals surface area contributed by atoms with Crippen LogP contribution < -0.4 is 10.1 Å². The van der Waals surface area contributed by atoms with Gasteiger partial charge in [-0.25, -0.2) is 12.8 Å². The van der Waals surface area contributed by atoms with Crippen LogP contribution in [0.4, 0.5) is 4.39 Å². The Bertz CT molecular complexity index is 1400. The van der Waals surface area contributed by atoms with Crippen LogP contribution in [0, 0.1) is 5.82 Å². The van der Waals surface area contributed by atoms with Crippen molar-refractivity contribution in [2.24, 2.45) is 0 Å². The number of ether oxygens (including phenoxy) is 2. The molecule has 1 aliphatic rings. The van der Waals surface area contributed by atoms with Gasteiger partial charge in [-0.05, 0) is 60.9 Å². The maximum atomic E-state index is 13.5. The average Bonchev–Trinajstić information content (AvgIpc) is 3.00. The molecule has 1 fully saturated rings. The summed E-state index contributed by atoms with van der Waals surface area (Å²) >= 11 is 0. The van der Waals surface area contributed by atoms with Crippen molar-refractivity contribution >= 4 is 21.8 Å². The molecule has 0 bridgehead atoms. The van der Waals surface area contributed by atoms with Gasteiger partial charge in [-0.2, -0.15) is 4.31 Å². The summed E-state index contributed by atoms with van der Waals surface area (Å²) < 4.78 is 51.4. The Labute approximate surface area is 239 Å². The van der Waals surface area contributed by atoms with Crippen LogP contribution in [0.2, 0.25) is 0 Å². The molecular weight excluding hydrogens is 549 g/mol. The number of sulfonamides is 1. The van der Waals surface area contributed by atoms with Gasteiger partial charge in [-0.15, -0.1) is 0 Å². The van der Waals surface area contributed by atoms with E-state index in [1.165, 1.54) is 45.6 Å². The van der Waals surface area contributed by atoms with E-state index in [0.717, 1.165) is 5.56 Å². The van der Waals surface area contributed by atoms with E-state index in [-0.39, 0.29) is 37.0 Å². The standard InChI is InChI=1S/C30H34FN3O6S/c1-23(30(36)32-16-15-24-5-3-2-4-6-24)34(21-25-7-9-26(31)10-8-25)29(35)22-40-27-11-13-28(14-12-27)41(37,38)33-17-19-39-20-18-33/h2-14,23H,15-22H2,1H3,(H,32,36)/t23-/m1/s1. The lowest BCUT2D eigenvalue weighted by atomic mass is 10.1. The zero-order valence-corrected chi connectivity index (χ0v) is 23.7. The minimum absolute atomic E-state index is 0.0759. The Hall–Kier alpha value is -3.80. The largest absolute Gasteiger partial charge is 0.484 e. The summed E-state index contributed by atoms with van der Waals surface area (Å²) in [6.07, 6.45) is 0.644. The summed E-state index contributed by atoms with van der Waals surface area (Å²) in [6.45, 7) is 3.01. The summed E-state index contributed by atoms with van der Waals surface area (Å²) in [4.78, 5) is 27.8. The topological polar surface area (TPSA) is 105 Å². The first-order chi connectivity index (χ1) is 19.7. The van der Waals surface area contributed by atoms with Crippen molar-refractivity contribution in [1.82, 2.24) is 14.5 Å². The van der Waals surface area contributed by atoms with Crippen molar-refractivity contribution in [1.29, 1.82) is 0 Å². The second-order valence-corrected chi connectivity index (χ2v) is 11.6. The first-order valence-corrected chi connectivity index (χ1v) is 14.8. The molecule has 1 atom stereocenters. The zero-order chi connectivity index (χ0) is 29.2. The molecule has 1 heterocycles. The molecule has 0 aromatic heterocycles. The number of halogens is 1. The summed E-state index contributed by atoms with van der Waals surface area (Å²) in [5.41, 5.74) is 1.73. The van der Waals surface area contributed by atoms with E-state index in [1.807, 2.05) is 30.3 Å². The van der Waals surface area contributed by atoms with Crippen molar-refractivity contribution in [2.45, 2.75) is 30.8 Å². The number of benzene rings is 3. The monoisotopic (exact) mass is 583 g/mol. The SMILES string of the molecule is C[C@H](C(=O)NCCc1ccccc1)N(Cc1ccc(F)cc1)C(=O)COc1ccc(S(=O)(=O)N2CCOCC2)cc1. The zero-order valence-electron chi connectivity index (χ0n) is 22.9. The van der Waals surface area contributed by atoms with E-state index in [1.54, 1.807) is 19.1 Å². The van der Waals surface area contributed by atoms with Crippen molar-refractivity contribution in [2.75, 3.05) is 39.5 Å². The second kappa shape index (κ2) is 14.2. The van der Waals surface area contributed by atoms with E-state index in [0.29, 0.717) is 37.5 Å². The predicted molar refractivity (Wildman–Crippen MR) is 151 cm³/mol. The lowest BCUT2D eigenvalue weighted by Crippen LogP contribution is -2.49. The third kappa shape index (κ3) is 8.35. The molecule has 0 saturated carbocycles. The highest BCUT2D eigenvalue weighted by Crippen LogP contribution is 2.21. The highest BCUT2D eigenvalue weighted by molar-refractivity contribution is 7.89. The van der Waals surface area contributed by atoms with Gasteiger partial charge in [0.2, 0.25) is 15.9 Å². The van der Waals surface area contributed by atoms with Gasteiger partial charge in [-0.3, -0.25) is 9.59 Å². The number of carbonyl (C=O) groups is 2. The fraction of sp³-hybridized carbons (Fsp3) is 0.333. The molecule has 0 radical (unpaired) electrons. The molecule has 0 spiro atoms. The molecule has 3 aromatic rings. The molecule has 3 aromatic carbocycles. The summed E-state index contributed by atoms with van der Waals surface area (Å²) in [5, 5.41) is 2.88. The van der Waals surface area contributed by atoms with Gasteiger partial charge < -0.3 is 19.7 Å². The van der Waals surface area contributed by atoms with Gasteiger partial charge in [0.1, 0.15) is 17.6 Å². The van der Waals surface area contributed by atoms with Gasteiger partial charge >= 0.3 is 0 Å².